The van der Waals surface area contributed by atoms with E-state index >= 15 is 0 Å². The number of rotatable bonds is 3. The number of nitrogens with zero attached hydrogens (tertiary/aromatic N) is 1. The first kappa shape index (κ1) is 15.3. The summed E-state index contributed by atoms with van der Waals surface area (Å²) in [5.41, 5.74) is 0.903. The van der Waals surface area contributed by atoms with Crippen LogP contribution in [-0.4, -0.2) is 45.0 Å². The lowest BCUT2D eigenvalue weighted by atomic mass is 10.2. The summed E-state index contributed by atoms with van der Waals surface area (Å²) in [4.78, 5) is 0.251. The third-order valence-electron chi connectivity index (χ3n) is 3.61. The number of aryl methyl sites for hydroxylation is 1. The highest BCUT2D eigenvalue weighted by Crippen LogP contribution is 2.29. The van der Waals surface area contributed by atoms with E-state index < -0.39 is 10.0 Å². The van der Waals surface area contributed by atoms with Gasteiger partial charge in [-0.3, -0.25) is 0 Å². The lowest BCUT2D eigenvalue weighted by Crippen LogP contribution is -2.56. The summed E-state index contributed by atoms with van der Waals surface area (Å²) in [6.45, 7) is 6.91. The van der Waals surface area contributed by atoms with Gasteiger partial charge in [-0.1, -0.05) is 6.07 Å². The minimum absolute atomic E-state index is 0.0681. The van der Waals surface area contributed by atoms with Crippen molar-refractivity contribution in [3.63, 3.8) is 0 Å². The van der Waals surface area contributed by atoms with E-state index in [-0.39, 0.29) is 17.0 Å². The zero-order valence-corrected chi connectivity index (χ0v) is 13.2. The number of sulfonamides is 1. The van der Waals surface area contributed by atoms with Gasteiger partial charge in [-0.25, -0.2) is 8.42 Å². The molecule has 1 aliphatic heterocycles. The van der Waals surface area contributed by atoms with Gasteiger partial charge in [0.05, 0.1) is 7.11 Å². The van der Waals surface area contributed by atoms with Gasteiger partial charge in [0.2, 0.25) is 10.0 Å². The molecule has 0 aromatic heterocycles. The molecule has 0 saturated carbocycles. The molecule has 1 aliphatic rings. The van der Waals surface area contributed by atoms with Gasteiger partial charge in [-0.15, -0.1) is 0 Å². The van der Waals surface area contributed by atoms with E-state index in [2.05, 4.69) is 5.32 Å². The Morgan fingerprint density at radius 2 is 2.05 bits per heavy atom. The van der Waals surface area contributed by atoms with Gasteiger partial charge < -0.3 is 10.1 Å². The maximum Gasteiger partial charge on any atom is 0.247 e. The molecule has 6 heteroatoms. The van der Waals surface area contributed by atoms with Crippen LogP contribution in [0, 0.1) is 6.92 Å². The third-order valence-corrected chi connectivity index (χ3v) is 5.61. The Morgan fingerprint density at radius 3 is 2.70 bits per heavy atom. The molecule has 1 saturated heterocycles. The molecule has 1 aromatic rings. The number of piperazine rings is 1. The van der Waals surface area contributed by atoms with Crippen molar-refractivity contribution in [3.8, 4) is 5.75 Å². The molecular formula is C14H22N2O3S. The molecule has 0 amide bonds. The van der Waals surface area contributed by atoms with Crippen molar-refractivity contribution in [1.29, 1.82) is 0 Å². The minimum Gasteiger partial charge on any atom is -0.495 e. The average Bonchev–Trinajstić information content (AvgIpc) is 2.41. The standard InChI is InChI=1S/C14H22N2O3S/c1-10-5-6-13(19-4)14(7-10)20(17,18)16-9-11(2)15-8-12(16)3/h5-7,11-12,15H,8-9H2,1-4H3. The van der Waals surface area contributed by atoms with Crippen LogP contribution >= 0.6 is 0 Å². The quantitative estimate of drug-likeness (QED) is 0.916. The first-order valence-corrected chi connectivity index (χ1v) is 8.20. The van der Waals surface area contributed by atoms with Crippen molar-refractivity contribution in [1.82, 2.24) is 9.62 Å². The summed E-state index contributed by atoms with van der Waals surface area (Å²) >= 11 is 0. The molecule has 20 heavy (non-hydrogen) atoms. The van der Waals surface area contributed by atoms with E-state index in [1.165, 1.54) is 7.11 Å². The molecule has 2 atom stereocenters. The molecule has 112 valence electrons. The second-order valence-electron chi connectivity index (χ2n) is 5.39. The van der Waals surface area contributed by atoms with Crippen LogP contribution in [0.5, 0.6) is 5.75 Å². The summed E-state index contributed by atoms with van der Waals surface area (Å²) in [5.74, 6) is 0.397. The predicted octanol–water partition coefficient (Wildman–Crippen LogP) is 1.37. The van der Waals surface area contributed by atoms with Gasteiger partial charge in [0.15, 0.2) is 0 Å². The fourth-order valence-electron chi connectivity index (χ4n) is 2.43. The van der Waals surface area contributed by atoms with Gasteiger partial charge in [0.25, 0.3) is 0 Å². The van der Waals surface area contributed by atoms with E-state index in [4.69, 9.17) is 4.74 Å². The second-order valence-corrected chi connectivity index (χ2v) is 7.25. The molecule has 1 heterocycles. The van der Waals surface area contributed by atoms with Crippen molar-refractivity contribution in [2.75, 3.05) is 20.2 Å². The van der Waals surface area contributed by atoms with Gasteiger partial charge in [0, 0.05) is 25.2 Å². The minimum atomic E-state index is -3.54. The molecule has 0 spiro atoms. The van der Waals surface area contributed by atoms with Crippen molar-refractivity contribution >= 4 is 10.0 Å². The summed E-state index contributed by atoms with van der Waals surface area (Å²) in [5, 5.41) is 3.29. The van der Waals surface area contributed by atoms with Gasteiger partial charge in [0.1, 0.15) is 10.6 Å². The molecule has 2 unspecified atom stereocenters. The average molecular weight is 298 g/mol. The molecule has 0 radical (unpaired) electrons. The Kier molecular flexibility index (Phi) is 4.36. The second kappa shape index (κ2) is 5.71. The summed E-state index contributed by atoms with van der Waals surface area (Å²) in [6.07, 6.45) is 0. The van der Waals surface area contributed by atoms with Crippen LogP contribution in [0.4, 0.5) is 0 Å². The van der Waals surface area contributed by atoms with Gasteiger partial charge in [-0.05, 0) is 38.5 Å². The number of methoxy groups -OCH3 is 1. The van der Waals surface area contributed by atoms with Crippen LogP contribution in [0.1, 0.15) is 19.4 Å². The Balaban J connectivity index is 2.46. The van der Waals surface area contributed by atoms with Crippen LogP contribution in [0.15, 0.2) is 23.1 Å². The normalized spacial score (nSPS) is 24.6. The molecule has 2 rings (SSSR count). The molecular weight excluding hydrogens is 276 g/mol. The highest BCUT2D eigenvalue weighted by Gasteiger charge is 2.35. The van der Waals surface area contributed by atoms with Crippen molar-refractivity contribution < 1.29 is 13.2 Å². The monoisotopic (exact) mass is 298 g/mol. The first-order chi connectivity index (χ1) is 9.36. The Hall–Kier alpha value is -1.11. The maximum absolute atomic E-state index is 12.9. The van der Waals surface area contributed by atoms with Crippen LogP contribution in [0.25, 0.3) is 0 Å². The molecule has 1 N–H and O–H groups in total. The fraction of sp³-hybridized carbons (Fsp3) is 0.571. The van der Waals surface area contributed by atoms with Gasteiger partial charge >= 0.3 is 0 Å². The van der Waals surface area contributed by atoms with E-state index in [0.717, 1.165) is 5.56 Å². The number of hydrogen-bond donors (Lipinski definition) is 1. The SMILES string of the molecule is COc1ccc(C)cc1S(=O)(=O)N1CC(C)NCC1C. The topological polar surface area (TPSA) is 58.6 Å². The van der Waals surface area contributed by atoms with E-state index in [0.29, 0.717) is 18.8 Å². The predicted molar refractivity (Wildman–Crippen MR) is 78.5 cm³/mol. The van der Waals surface area contributed by atoms with E-state index in [1.54, 1.807) is 16.4 Å². The zero-order valence-electron chi connectivity index (χ0n) is 12.4. The number of benzene rings is 1. The summed E-state index contributed by atoms with van der Waals surface area (Å²) in [6, 6.07) is 5.31. The van der Waals surface area contributed by atoms with Crippen molar-refractivity contribution in [2.24, 2.45) is 0 Å². The molecule has 1 aromatic carbocycles. The molecule has 1 fully saturated rings. The summed E-state index contributed by atoms with van der Waals surface area (Å²) < 4.78 is 32.6. The third kappa shape index (κ3) is 2.82. The van der Waals surface area contributed by atoms with Crippen LogP contribution < -0.4 is 10.1 Å². The lowest BCUT2D eigenvalue weighted by Gasteiger charge is -2.36. The lowest BCUT2D eigenvalue weighted by molar-refractivity contribution is 0.244. The first-order valence-electron chi connectivity index (χ1n) is 6.76. The number of hydrogen-bond acceptors (Lipinski definition) is 4. The highest BCUT2D eigenvalue weighted by atomic mass is 32.2. The van der Waals surface area contributed by atoms with Crippen LogP contribution in [0.3, 0.4) is 0 Å². The Morgan fingerprint density at radius 1 is 1.35 bits per heavy atom. The number of nitrogens with one attached hydrogen (secondary N) is 1. The molecule has 0 bridgehead atoms. The molecule has 5 nitrogen and oxygen atoms in total. The highest BCUT2D eigenvalue weighted by molar-refractivity contribution is 7.89. The largest absolute Gasteiger partial charge is 0.495 e. The Labute approximate surface area is 121 Å². The van der Waals surface area contributed by atoms with Crippen LogP contribution in [0.2, 0.25) is 0 Å². The van der Waals surface area contributed by atoms with E-state index in [9.17, 15) is 8.42 Å². The zero-order chi connectivity index (χ0) is 14.9. The van der Waals surface area contributed by atoms with Crippen molar-refractivity contribution in [3.05, 3.63) is 23.8 Å². The Bertz CT molecular complexity index is 586. The number of ether oxygens (including phenoxy) is 1. The van der Waals surface area contributed by atoms with Gasteiger partial charge in [-0.2, -0.15) is 4.31 Å². The fourth-order valence-corrected chi connectivity index (χ4v) is 4.40. The summed E-state index contributed by atoms with van der Waals surface area (Å²) in [7, 11) is -2.05. The maximum atomic E-state index is 12.9. The van der Waals surface area contributed by atoms with Crippen LogP contribution in [-0.2, 0) is 10.0 Å². The molecule has 0 aliphatic carbocycles. The van der Waals surface area contributed by atoms with E-state index in [1.807, 2.05) is 26.8 Å². The smallest absolute Gasteiger partial charge is 0.247 e. The van der Waals surface area contributed by atoms with Crippen molar-refractivity contribution in [2.45, 2.75) is 37.8 Å².